The number of H-pyrrole nitrogens is 1. The minimum Gasteiger partial charge on any atom is -0.488 e. The lowest BCUT2D eigenvalue weighted by atomic mass is 9.92. The fraction of sp³-hybridized carbons (Fsp3) is 0.318. The summed E-state index contributed by atoms with van der Waals surface area (Å²) in [6.45, 7) is 5.68. The minimum absolute atomic E-state index is 0.162. The molecule has 0 bridgehead atoms. The van der Waals surface area contributed by atoms with Crippen molar-refractivity contribution in [1.82, 2.24) is 30.4 Å². The molecule has 1 aliphatic heterocycles. The molecule has 0 spiro atoms. The van der Waals surface area contributed by atoms with Gasteiger partial charge in [0.1, 0.15) is 30.8 Å². The van der Waals surface area contributed by atoms with Gasteiger partial charge in [-0.2, -0.15) is 0 Å². The molecule has 1 aromatic heterocycles. The molecule has 59 heavy (non-hydrogen) atoms. The van der Waals surface area contributed by atoms with E-state index in [0.717, 1.165) is 63.0 Å². The van der Waals surface area contributed by atoms with Gasteiger partial charge in [0.25, 0.3) is 0 Å². The van der Waals surface area contributed by atoms with E-state index < -0.39 is 18.2 Å². The highest BCUT2D eigenvalue weighted by atomic mass is 16.5. The zero-order valence-electron chi connectivity index (χ0n) is 34.0. The summed E-state index contributed by atoms with van der Waals surface area (Å²) in [7, 11) is 4.37. The maximum absolute atomic E-state index is 13.8. The molecule has 4 amide bonds. The first-order valence-corrected chi connectivity index (χ1v) is 19.6. The Morgan fingerprint density at radius 2 is 1.69 bits per heavy atom. The van der Waals surface area contributed by atoms with Crippen LogP contribution in [0.3, 0.4) is 0 Å². The molecule has 6 rings (SSSR count). The topological polar surface area (TPSA) is 180 Å². The third-order valence-electron chi connectivity index (χ3n) is 9.99. The van der Waals surface area contributed by atoms with Crippen molar-refractivity contribution in [3.8, 4) is 28.1 Å². The number of amides is 4. The SMILES string of the molecule is CCCN(Cc1ncc(-c2ccc3c(c2)COc2cc4c(NC)c(N=CCN(CCC)C(=O)[C@H](NC(=O)OC)c5ccccc5)ccc4cc2-3)[nH]1)C(=O)CNC(=O)OC. The normalized spacial score (nSPS) is 12.2. The average molecular weight is 803 g/mol. The number of methoxy groups -OCH3 is 2. The Morgan fingerprint density at radius 3 is 2.42 bits per heavy atom. The Hall–Kier alpha value is -6.90. The standard InChI is InChI=1S/C44H50N8O7/c1-6-18-51(42(54)40(50-44(56)58-5)28-11-9-8-10-12-28)20-17-46-35-16-14-29-22-34-32-15-13-30(21-31(32)27-59-37(34)23-33(29)41(35)45-3)36-24-47-38(49-36)26-52(19-7-2)39(53)25-48-43(55)57-4/h8-17,21-24,40,45H,6-7,18-20,25-27H2,1-5H3,(H,47,49)(H,48,55)(H,50,56)/t40-/m1/s1. The monoisotopic (exact) mass is 802 g/mol. The van der Waals surface area contributed by atoms with Crippen LogP contribution in [0.15, 0.2) is 84.0 Å². The Bertz CT molecular complexity index is 2330. The fourth-order valence-electron chi connectivity index (χ4n) is 7.10. The molecule has 4 aromatic carbocycles. The molecule has 0 saturated carbocycles. The molecule has 1 atom stereocenters. The number of aliphatic imine (C=N–C) groups is 1. The van der Waals surface area contributed by atoms with E-state index >= 15 is 0 Å². The Morgan fingerprint density at radius 1 is 0.932 bits per heavy atom. The van der Waals surface area contributed by atoms with Gasteiger partial charge in [0, 0.05) is 37.3 Å². The molecule has 5 aromatic rings. The number of hydrogen-bond donors (Lipinski definition) is 4. The number of nitrogens with one attached hydrogen (secondary N) is 4. The summed E-state index contributed by atoms with van der Waals surface area (Å²) in [6, 6.07) is 22.5. The highest BCUT2D eigenvalue weighted by Crippen LogP contribution is 2.44. The number of fused-ring (bicyclic) bond motifs is 4. The van der Waals surface area contributed by atoms with Gasteiger partial charge >= 0.3 is 12.2 Å². The number of nitrogens with zero attached hydrogens (tertiary/aromatic N) is 4. The van der Waals surface area contributed by atoms with Crippen LogP contribution < -0.4 is 20.7 Å². The molecule has 0 saturated heterocycles. The number of carbonyl (C=O) groups excluding carboxylic acids is 4. The lowest BCUT2D eigenvalue weighted by molar-refractivity contribution is -0.133. The van der Waals surface area contributed by atoms with Crippen molar-refractivity contribution >= 4 is 52.4 Å². The number of anilines is 1. The van der Waals surface area contributed by atoms with Crippen LogP contribution in [0.1, 0.15) is 49.7 Å². The molecule has 0 radical (unpaired) electrons. The van der Waals surface area contributed by atoms with Gasteiger partial charge in [-0.05, 0) is 64.7 Å². The predicted octanol–water partition coefficient (Wildman–Crippen LogP) is 6.96. The van der Waals surface area contributed by atoms with Crippen LogP contribution >= 0.6 is 0 Å². The number of imidazole rings is 1. The number of hydrogen-bond acceptors (Lipinski definition) is 10. The van der Waals surface area contributed by atoms with Gasteiger partial charge in [-0.25, -0.2) is 14.6 Å². The molecule has 15 nitrogen and oxygen atoms in total. The molecule has 15 heteroatoms. The van der Waals surface area contributed by atoms with Gasteiger partial charge in [-0.15, -0.1) is 0 Å². The number of rotatable bonds is 16. The highest BCUT2D eigenvalue weighted by Gasteiger charge is 2.27. The van der Waals surface area contributed by atoms with E-state index in [0.29, 0.717) is 36.8 Å². The molecule has 0 unspecified atom stereocenters. The predicted molar refractivity (Wildman–Crippen MR) is 227 cm³/mol. The van der Waals surface area contributed by atoms with Crippen LogP contribution in [0.2, 0.25) is 0 Å². The highest BCUT2D eigenvalue weighted by molar-refractivity contribution is 6.03. The van der Waals surface area contributed by atoms with E-state index in [9.17, 15) is 19.2 Å². The van der Waals surface area contributed by atoms with Crippen LogP contribution in [-0.4, -0.2) is 97.4 Å². The maximum atomic E-state index is 13.8. The second-order valence-corrected chi connectivity index (χ2v) is 13.9. The van der Waals surface area contributed by atoms with Gasteiger partial charge in [0.2, 0.25) is 11.8 Å². The van der Waals surface area contributed by atoms with E-state index in [1.807, 2.05) is 63.4 Å². The summed E-state index contributed by atoms with van der Waals surface area (Å²) in [5.41, 5.74) is 7.00. The summed E-state index contributed by atoms with van der Waals surface area (Å²) >= 11 is 0. The van der Waals surface area contributed by atoms with Crippen molar-refractivity contribution in [3.63, 3.8) is 0 Å². The Labute approximate surface area is 343 Å². The maximum Gasteiger partial charge on any atom is 0.407 e. The number of ether oxygens (including phenoxy) is 3. The van der Waals surface area contributed by atoms with E-state index in [4.69, 9.17) is 14.5 Å². The second kappa shape index (κ2) is 19.5. The summed E-state index contributed by atoms with van der Waals surface area (Å²) in [5, 5.41) is 10.4. The van der Waals surface area contributed by atoms with Gasteiger partial charge in [0.15, 0.2) is 0 Å². The summed E-state index contributed by atoms with van der Waals surface area (Å²) in [6.07, 6.45) is 3.60. The lowest BCUT2D eigenvalue weighted by Gasteiger charge is -2.26. The summed E-state index contributed by atoms with van der Waals surface area (Å²) in [5.74, 6) is 0.894. The number of aromatic nitrogens is 2. The lowest BCUT2D eigenvalue weighted by Crippen LogP contribution is -2.44. The first-order valence-electron chi connectivity index (χ1n) is 19.6. The summed E-state index contributed by atoms with van der Waals surface area (Å²) < 4.78 is 15.7. The summed E-state index contributed by atoms with van der Waals surface area (Å²) in [4.78, 5) is 66.3. The van der Waals surface area contributed by atoms with Crippen LogP contribution in [0.4, 0.5) is 21.0 Å². The first-order chi connectivity index (χ1) is 28.7. The van der Waals surface area contributed by atoms with E-state index in [1.54, 1.807) is 34.3 Å². The quantitative estimate of drug-likeness (QED) is 0.0768. The largest absolute Gasteiger partial charge is 0.488 e. The van der Waals surface area contributed by atoms with Crippen LogP contribution in [0.25, 0.3) is 33.2 Å². The van der Waals surface area contributed by atoms with Crippen LogP contribution in [0, 0.1) is 0 Å². The molecule has 0 aliphatic carbocycles. The van der Waals surface area contributed by atoms with Crippen molar-refractivity contribution in [1.29, 1.82) is 0 Å². The van der Waals surface area contributed by atoms with Gasteiger partial charge in [-0.1, -0.05) is 62.4 Å². The zero-order valence-corrected chi connectivity index (χ0v) is 34.0. The van der Waals surface area contributed by atoms with Crippen molar-refractivity contribution in [3.05, 3.63) is 95.9 Å². The molecule has 308 valence electrons. The average Bonchev–Trinajstić information content (AvgIpc) is 3.74. The third kappa shape index (κ3) is 9.80. The minimum atomic E-state index is -0.909. The second-order valence-electron chi connectivity index (χ2n) is 13.9. The van der Waals surface area contributed by atoms with E-state index in [-0.39, 0.29) is 31.4 Å². The number of carbonyl (C=O) groups is 4. The molecule has 1 aliphatic rings. The Balaban J connectivity index is 1.19. The molecule has 2 heterocycles. The zero-order chi connectivity index (χ0) is 41.9. The van der Waals surface area contributed by atoms with Crippen molar-refractivity contribution in [2.75, 3.05) is 52.8 Å². The first kappa shape index (κ1) is 41.7. The van der Waals surface area contributed by atoms with Crippen molar-refractivity contribution in [2.24, 2.45) is 4.99 Å². The van der Waals surface area contributed by atoms with Crippen molar-refractivity contribution in [2.45, 2.75) is 45.9 Å². The van der Waals surface area contributed by atoms with Crippen LogP contribution in [0.5, 0.6) is 5.75 Å². The molecule has 0 fully saturated rings. The number of aromatic amines is 1. The van der Waals surface area contributed by atoms with Gasteiger partial charge < -0.3 is 44.9 Å². The van der Waals surface area contributed by atoms with Gasteiger partial charge in [-0.3, -0.25) is 14.6 Å². The van der Waals surface area contributed by atoms with Crippen LogP contribution in [-0.2, 0) is 32.2 Å². The molecular formula is C44H50N8O7. The molecular weight excluding hydrogens is 753 g/mol. The van der Waals surface area contributed by atoms with E-state index in [1.165, 1.54) is 14.2 Å². The van der Waals surface area contributed by atoms with Gasteiger partial charge in [0.05, 0.1) is 50.6 Å². The van der Waals surface area contributed by atoms with Crippen molar-refractivity contribution < 1.29 is 33.4 Å². The Kier molecular flexibility index (Phi) is 13.8. The molecule has 4 N–H and O–H groups in total. The number of alkyl carbamates (subject to hydrolysis) is 2. The van der Waals surface area contributed by atoms with E-state index in [2.05, 4.69) is 48.9 Å². The fourth-order valence-corrected chi connectivity index (χ4v) is 7.10. The third-order valence-corrected chi connectivity index (χ3v) is 9.99. The smallest absolute Gasteiger partial charge is 0.407 e. The number of benzene rings is 4.